The van der Waals surface area contributed by atoms with Crippen molar-refractivity contribution in [3.05, 3.63) is 38.0 Å². The largest absolute Gasteiger partial charge is 0.253 e. The Hall–Kier alpha value is -0.0600. The number of hydrogen-bond acceptors (Lipinski definition) is 1. The lowest BCUT2D eigenvalue weighted by Gasteiger charge is -2.02. The Kier molecular flexibility index (Phi) is 2.62. The molecule has 13 heavy (non-hydrogen) atoms. The Morgan fingerprint density at radius 2 is 2.00 bits per heavy atom. The smallest absolute Gasteiger partial charge is 0.0903 e. The third kappa shape index (κ3) is 1.63. The molecule has 1 nitrogen and oxygen atoms in total. The number of pyridine rings is 1. The zero-order valence-corrected chi connectivity index (χ0v) is 10.1. The van der Waals surface area contributed by atoms with Crippen LogP contribution in [0.15, 0.2) is 24.4 Å². The fraction of sp³-hybridized carbons (Fsp3) is 0. The van der Waals surface area contributed by atoms with Crippen molar-refractivity contribution in [3.8, 4) is 0 Å². The fourth-order valence-corrected chi connectivity index (χ4v) is 1.98. The molecule has 0 saturated heterocycles. The molecule has 0 amide bonds. The molecule has 66 valence electrons. The predicted molar refractivity (Wildman–Crippen MR) is 64.5 cm³/mol. The summed E-state index contributed by atoms with van der Waals surface area (Å²) >= 11 is 14.2. The maximum Gasteiger partial charge on any atom is 0.0903 e. The molecule has 0 aliphatic heterocycles. The molecule has 0 fully saturated rings. The van der Waals surface area contributed by atoms with Crippen LogP contribution in [0.4, 0.5) is 0 Å². The number of halogens is 3. The van der Waals surface area contributed by atoms with E-state index in [9.17, 15) is 0 Å². The van der Waals surface area contributed by atoms with E-state index < -0.39 is 0 Å². The van der Waals surface area contributed by atoms with E-state index in [0.717, 1.165) is 14.5 Å². The van der Waals surface area contributed by atoms with E-state index in [1.165, 1.54) is 0 Å². The molecule has 0 radical (unpaired) electrons. The number of fused-ring (bicyclic) bond motifs is 1. The minimum atomic E-state index is 0.635. The molecule has 1 heterocycles. The summed E-state index contributed by atoms with van der Waals surface area (Å²) in [6.07, 6.45) is 1.72. The molecule has 4 heteroatoms. The van der Waals surface area contributed by atoms with Gasteiger partial charge < -0.3 is 0 Å². The highest BCUT2D eigenvalue weighted by Gasteiger charge is 2.06. The van der Waals surface area contributed by atoms with Crippen LogP contribution in [0, 0.1) is 3.57 Å². The predicted octanol–water partition coefficient (Wildman–Crippen LogP) is 4.15. The van der Waals surface area contributed by atoms with Crippen molar-refractivity contribution in [3.63, 3.8) is 0 Å². The molecule has 0 bridgehead atoms. The lowest BCUT2D eigenvalue weighted by molar-refractivity contribution is 1.39. The molecule has 1 aromatic heterocycles. The quantitative estimate of drug-likeness (QED) is 0.664. The lowest BCUT2D eigenvalue weighted by atomic mass is 10.2. The monoisotopic (exact) mass is 323 g/mol. The third-order valence-corrected chi connectivity index (χ3v) is 3.59. The molecule has 0 atom stereocenters. The second-order valence-electron chi connectivity index (χ2n) is 2.56. The number of benzene rings is 1. The maximum absolute atomic E-state index is 6.09. The van der Waals surface area contributed by atoms with E-state index in [4.69, 9.17) is 23.2 Å². The Morgan fingerprint density at radius 1 is 1.23 bits per heavy atom. The van der Waals surface area contributed by atoms with Crippen molar-refractivity contribution in [2.24, 2.45) is 0 Å². The van der Waals surface area contributed by atoms with Crippen molar-refractivity contribution in [2.75, 3.05) is 0 Å². The first-order valence-corrected chi connectivity index (χ1v) is 5.42. The highest BCUT2D eigenvalue weighted by molar-refractivity contribution is 14.1. The van der Waals surface area contributed by atoms with Gasteiger partial charge >= 0.3 is 0 Å². The molecule has 2 rings (SSSR count). The molecule has 0 spiro atoms. The first-order chi connectivity index (χ1) is 6.20. The minimum Gasteiger partial charge on any atom is -0.253 e. The number of nitrogens with zero attached hydrogens (tertiary/aromatic N) is 1. The van der Waals surface area contributed by atoms with Gasteiger partial charge in [0.15, 0.2) is 0 Å². The van der Waals surface area contributed by atoms with Gasteiger partial charge in [-0.1, -0.05) is 35.3 Å². The van der Waals surface area contributed by atoms with Crippen LogP contribution in [0.1, 0.15) is 0 Å². The Morgan fingerprint density at radius 3 is 2.77 bits per heavy atom. The standard InChI is InChI=1S/C9H4Cl2IN/c10-6-3-1-2-5-8(11)7(12)4-13-9(5)6/h1-4H. The summed E-state index contributed by atoms with van der Waals surface area (Å²) in [5.74, 6) is 0. The van der Waals surface area contributed by atoms with Gasteiger partial charge in [0.05, 0.1) is 19.1 Å². The van der Waals surface area contributed by atoms with Crippen molar-refractivity contribution in [1.82, 2.24) is 4.98 Å². The van der Waals surface area contributed by atoms with Crippen LogP contribution < -0.4 is 0 Å². The second kappa shape index (κ2) is 3.59. The summed E-state index contributed by atoms with van der Waals surface area (Å²) in [5.41, 5.74) is 0.759. The molecule has 0 N–H and O–H groups in total. The Bertz CT molecular complexity index is 470. The first kappa shape index (κ1) is 9.49. The number of rotatable bonds is 0. The average Bonchev–Trinajstić information content (AvgIpc) is 2.12. The van der Waals surface area contributed by atoms with E-state index in [0.29, 0.717) is 10.0 Å². The van der Waals surface area contributed by atoms with Crippen molar-refractivity contribution < 1.29 is 0 Å². The van der Waals surface area contributed by atoms with Crippen molar-refractivity contribution in [2.45, 2.75) is 0 Å². The number of para-hydroxylation sites is 1. The van der Waals surface area contributed by atoms with Gasteiger partial charge in [-0.15, -0.1) is 0 Å². The maximum atomic E-state index is 6.09. The summed E-state index contributed by atoms with van der Waals surface area (Å²) in [6, 6.07) is 5.59. The van der Waals surface area contributed by atoms with Gasteiger partial charge in [0.1, 0.15) is 0 Å². The first-order valence-electron chi connectivity index (χ1n) is 3.58. The molecule has 0 aliphatic carbocycles. The van der Waals surface area contributed by atoms with Crippen LogP contribution in [0.3, 0.4) is 0 Å². The van der Waals surface area contributed by atoms with Crippen LogP contribution in [-0.2, 0) is 0 Å². The number of aromatic nitrogens is 1. The molecule has 0 unspecified atom stereocenters. The zero-order valence-electron chi connectivity index (χ0n) is 6.39. The van der Waals surface area contributed by atoms with Crippen LogP contribution in [0.2, 0.25) is 10.0 Å². The van der Waals surface area contributed by atoms with Gasteiger partial charge in [0.25, 0.3) is 0 Å². The molecular formula is C9H4Cl2IN. The van der Waals surface area contributed by atoms with Crippen LogP contribution in [-0.4, -0.2) is 4.98 Å². The van der Waals surface area contributed by atoms with Gasteiger partial charge in [-0.25, -0.2) is 0 Å². The fourth-order valence-electron chi connectivity index (χ4n) is 1.13. The highest BCUT2D eigenvalue weighted by atomic mass is 127. The minimum absolute atomic E-state index is 0.635. The summed E-state index contributed by atoms with van der Waals surface area (Å²) in [7, 11) is 0. The van der Waals surface area contributed by atoms with Gasteiger partial charge in [0, 0.05) is 11.6 Å². The van der Waals surface area contributed by atoms with Gasteiger partial charge in [-0.05, 0) is 28.7 Å². The topological polar surface area (TPSA) is 12.9 Å². The molecule has 2 aromatic rings. The average molecular weight is 324 g/mol. The highest BCUT2D eigenvalue weighted by Crippen LogP contribution is 2.30. The van der Waals surface area contributed by atoms with Gasteiger partial charge in [0.2, 0.25) is 0 Å². The number of hydrogen-bond donors (Lipinski definition) is 0. The van der Waals surface area contributed by atoms with E-state index in [1.54, 1.807) is 12.3 Å². The summed E-state index contributed by atoms with van der Waals surface area (Å²) < 4.78 is 0.939. The van der Waals surface area contributed by atoms with E-state index in [2.05, 4.69) is 27.6 Å². The molecule has 0 saturated carbocycles. The molecular weight excluding hydrogens is 320 g/mol. The lowest BCUT2D eigenvalue weighted by Crippen LogP contribution is -1.84. The van der Waals surface area contributed by atoms with Crippen LogP contribution >= 0.6 is 45.8 Å². The molecule has 1 aromatic carbocycles. The van der Waals surface area contributed by atoms with Crippen molar-refractivity contribution in [1.29, 1.82) is 0 Å². The second-order valence-corrected chi connectivity index (χ2v) is 4.50. The van der Waals surface area contributed by atoms with E-state index in [-0.39, 0.29) is 0 Å². The van der Waals surface area contributed by atoms with Crippen molar-refractivity contribution >= 4 is 56.7 Å². The Labute approximate surface area is 99.2 Å². The summed E-state index contributed by atoms with van der Waals surface area (Å²) in [6.45, 7) is 0. The van der Waals surface area contributed by atoms with E-state index in [1.807, 2.05) is 12.1 Å². The van der Waals surface area contributed by atoms with Crippen LogP contribution in [0.5, 0.6) is 0 Å². The third-order valence-electron chi connectivity index (χ3n) is 1.74. The molecule has 0 aliphatic rings. The van der Waals surface area contributed by atoms with Crippen LogP contribution in [0.25, 0.3) is 10.9 Å². The SMILES string of the molecule is Clc1c(I)cnc2c(Cl)cccc12. The zero-order chi connectivity index (χ0) is 9.42. The van der Waals surface area contributed by atoms with E-state index >= 15 is 0 Å². The van der Waals surface area contributed by atoms with Gasteiger partial charge in [-0.2, -0.15) is 0 Å². The summed E-state index contributed by atoms with van der Waals surface area (Å²) in [4.78, 5) is 4.22. The normalized spacial score (nSPS) is 10.7. The Balaban J connectivity index is 2.94. The summed E-state index contributed by atoms with van der Waals surface area (Å²) in [5, 5.41) is 2.25. The van der Waals surface area contributed by atoms with Gasteiger partial charge in [-0.3, -0.25) is 4.98 Å².